The molecule has 1 heterocycles. The van der Waals surface area contributed by atoms with Crippen LogP contribution in [-0.2, 0) is 17.8 Å². The molecule has 72 valence electrons. The molecule has 1 aromatic heterocycles. The summed E-state index contributed by atoms with van der Waals surface area (Å²) in [5, 5.41) is 21.1. The normalized spacial score (nSPS) is 10.2. The Morgan fingerprint density at radius 2 is 2.38 bits per heavy atom. The first-order valence-electron chi connectivity index (χ1n) is 4.07. The van der Waals surface area contributed by atoms with Gasteiger partial charge >= 0.3 is 5.97 Å². The smallest absolute Gasteiger partial charge is 0.303 e. The van der Waals surface area contributed by atoms with E-state index < -0.39 is 5.97 Å². The van der Waals surface area contributed by atoms with Gasteiger partial charge in [0, 0.05) is 11.9 Å². The second-order valence-corrected chi connectivity index (χ2v) is 2.66. The van der Waals surface area contributed by atoms with E-state index in [2.05, 4.69) is 5.10 Å². The van der Waals surface area contributed by atoms with Crippen molar-refractivity contribution in [2.75, 3.05) is 6.61 Å². The van der Waals surface area contributed by atoms with Crippen LogP contribution in [0.5, 0.6) is 0 Å². The molecular formula is C8H12N2O3. The lowest BCUT2D eigenvalue weighted by Gasteiger charge is -2.03. The van der Waals surface area contributed by atoms with Crippen molar-refractivity contribution in [1.82, 2.24) is 9.78 Å². The summed E-state index contributed by atoms with van der Waals surface area (Å²) >= 11 is 0. The Bertz CT molecular complexity index is 283. The fraction of sp³-hybridized carbons (Fsp3) is 0.500. The van der Waals surface area contributed by atoms with Gasteiger partial charge in [0.2, 0.25) is 0 Å². The van der Waals surface area contributed by atoms with Gasteiger partial charge in [-0.05, 0) is 12.5 Å². The first-order valence-corrected chi connectivity index (χ1v) is 4.07. The maximum absolute atomic E-state index is 10.3. The molecule has 0 amide bonds. The number of carboxylic acid groups (broad SMARTS) is 1. The highest BCUT2D eigenvalue weighted by molar-refractivity contribution is 5.66. The second kappa shape index (κ2) is 4.61. The summed E-state index contributed by atoms with van der Waals surface area (Å²) < 4.78 is 1.61. The van der Waals surface area contributed by atoms with E-state index in [4.69, 9.17) is 10.2 Å². The molecule has 0 atom stereocenters. The van der Waals surface area contributed by atoms with Crippen LogP contribution in [0.25, 0.3) is 0 Å². The molecular weight excluding hydrogens is 172 g/mol. The first-order chi connectivity index (χ1) is 6.24. The number of hydrogen-bond donors (Lipinski definition) is 2. The topological polar surface area (TPSA) is 75.3 Å². The number of aryl methyl sites for hydroxylation is 1. The minimum Gasteiger partial charge on any atom is -0.481 e. The van der Waals surface area contributed by atoms with Gasteiger partial charge in [0.25, 0.3) is 0 Å². The molecule has 0 aliphatic carbocycles. The van der Waals surface area contributed by atoms with Crippen LogP contribution in [0.1, 0.15) is 12.1 Å². The average molecular weight is 184 g/mol. The number of carbonyl (C=O) groups is 1. The van der Waals surface area contributed by atoms with Crippen molar-refractivity contribution < 1.29 is 15.0 Å². The summed E-state index contributed by atoms with van der Waals surface area (Å²) in [7, 11) is 0. The molecule has 1 rings (SSSR count). The number of aliphatic carboxylic acids is 1. The predicted octanol–water partition coefficient (Wildman–Crippen LogP) is -0.107. The van der Waals surface area contributed by atoms with Gasteiger partial charge in [-0.15, -0.1) is 0 Å². The van der Waals surface area contributed by atoms with Gasteiger partial charge in [-0.25, -0.2) is 0 Å². The van der Waals surface area contributed by atoms with Crippen molar-refractivity contribution in [3.63, 3.8) is 0 Å². The van der Waals surface area contributed by atoms with Gasteiger partial charge in [-0.1, -0.05) is 0 Å². The minimum atomic E-state index is -0.822. The van der Waals surface area contributed by atoms with Crippen LogP contribution in [0.4, 0.5) is 0 Å². The second-order valence-electron chi connectivity index (χ2n) is 2.66. The summed E-state index contributed by atoms with van der Waals surface area (Å²) in [6.45, 7) is 0.434. The number of rotatable bonds is 5. The fourth-order valence-electron chi connectivity index (χ4n) is 1.10. The molecule has 0 fully saturated rings. The summed E-state index contributed by atoms with van der Waals surface area (Å²) in [6.07, 6.45) is 2.15. The minimum absolute atomic E-state index is 0.0156. The van der Waals surface area contributed by atoms with E-state index in [9.17, 15) is 4.79 Å². The third kappa shape index (κ3) is 2.87. The van der Waals surface area contributed by atoms with Crippen molar-refractivity contribution in [3.05, 3.63) is 18.0 Å². The fourth-order valence-corrected chi connectivity index (χ4v) is 1.10. The van der Waals surface area contributed by atoms with Crippen LogP contribution in [0.3, 0.4) is 0 Å². The third-order valence-corrected chi connectivity index (χ3v) is 1.71. The van der Waals surface area contributed by atoms with Crippen LogP contribution < -0.4 is 0 Å². The Kier molecular flexibility index (Phi) is 3.45. The largest absolute Gasteiger partial charge is 0.481 e. The van der Waals surface area contributed by atoms with Crippen molar-refractivity contribution in [1.29, 1.82) is 0 Å². The van der Waals surface area contributed by atoms with Crippen LogP contribution in [0, 0.1) is 0 Å². The zero-order chi connectivity index (χ0) is 9.68. The Labute approximate surface area is 75.6 Å². The van der Waals surface area contributed by atoms with Gasteiger partial charge < -0.3 is 10.2 Å². The number of aliphatic hydroxyl groups excluding tert-OH is 1. The molecule has 13 heavy (non-hydrogen) atoms. The summed E-state index contributed by atoms with van der Waals surface area (Å²) in [6, 6.07) is 1.76. The van der Waals surface area contributed by atoms with E-state index in [0.29, 0.717) is 13.0 Å². The van der Waals surface area contributed by atoms with Crippen LogP contribution in [0.15, 0.2) is 12.3 Å². The molecule has 0 unspecified atom stereocenters. The lowest BCUT2D eigenvalue weighted by Crippen LogP contribution is -2.09. The Morgan fingerprint density at radius 1 is 1.62 bits per heavy atom. The standard InChI is InChI=1S/C8H12N2O3/c11-6-5-10-7(3-4-9-10)1-2-8(12)13/h3-4,11H,1-2,5-6H2,(H,12,13). The van der Waals surface area contributed by atoms with Crippen LogP contribution in [0.2, 0.25) is 0 Å². The molecule has 5 nitrogen and oxygen atoms in total. The zero-order valence-corrected chi connectivity index (χ0v) is 7.18. The van der Waals surface area contributed by atoms with Crippen molar-refractivity contribution in [2.45, 2.75) is 19.4 Å². The molecule has 1 aromatic rings. The number of nitrogens with zero attached hydrogens (tertiary/aromatic N) is 2. The lowest BCUT2D eigenvalue weighted by molar-refractivity contribution is -0.136. The monoisotopic (exact) mass is 184 g/mol. The van der Waals surface area contributed by atoms with E-state index in [1.165, 1.54) is 0 Å². The highest BCUT2D eigenvalue weighted by Gasteiger charge is 2.04. The SMILES string of the molecule is O=C(O)CCc1ccnn1CCO. The Hall–Kier alpha value is -1.36. The van der Waals surface area contributed by atoms with E-state index in [1.54, 1.807) is 16.9 Å². The van der Waals surface area contributed by atoms with E-state index in [1.807, 2.05) is 0 Å². The Morgan fingerprint density at radius 3 is 3.00 bits per heavy atom. The summed E-state index contributed by atoms with van der Waals surface area (Å²) in [4.78, 5) is 10.3. The van der Waals surface area contributed by atoms with Crippen molar-refractivity contribution in [2.24, 2.45) is 0 Å². The van der Waals surface area contributed by atoms with E-state index >= 15 is 0 Å². The Balaban J connectivity index is 2.54. The number of aliphatic hydroxyl groups is 1. The maximum Gasteiger partial charge on any atom is 0.303 e. The summed E-state index contributed by atoms with van der Waals surface area (Å²) in [5.41, 5.74) is 0.844. The maximum atomic E-state index is 10.3. The molecule has 5 heteroatoms. The number of carboxylic acids is 1. The molecule has 0 saturated heterocycles. The van der Waals surface area contributed by atoms with Gasteiger partial charge in [-0.2, -0.15) is 5.10 Å². The first kappa shape index (κ1) is 9.73. The number of aromatic nitrogens is 2. The molecule has 0 radical (unpaired) electrons. The molecule has 0 aliphatic rings. The molecule has 0 aromatic carbocycles. The molecule has 0 bridgehead atoms. The molecule has 0 spiro atoms. The summed E-state index contributed by atoms with van der Waals surface area (Å²) in [5.74, 6) is -0.822. The highest BCUT2D eigenvalue weighted by Crippen LogP contribution is 2.02. The number of hydrogen-bond acceptors (Lipinski definition) is 3. The van der Waals surface area contributed by atoms with Crippen LogP contribution >= 0.6 is 0 Å². The van der Waals surface area contributed by atoms with Gasteiger partial charge in [0.05, 0.1) is 19.6 Å². The van der Waals surface area contributed by atoms with Gasteiger partial charge in [-0.3, -0.25) is 9.48 Å². The highest BCUT2D eigenvalue weighted by atomic mass is 16.4. The third-order valence-electron chi connectivity index (χ3n) is 1.71. The average Bonchev–Trinajstić information content (AvgIpc) is 2.49. The lowest BCUT2D eigenvalue weighted by atomic mass is 10.2. The van der Waals surface area contributed by atoms with Crippen LogP contribution in [-0.4, -0.2) is 32.6 Å². The van der Waals surface area contributed by atoms with E-state index in [0.717, 1.165) is 5.69 Å². The van der Waals surface area contributed by atoms with Crippen molar-refractivity contribution in [3.8, 4) is 0 Å². The predicted molar refractivity (Wildman–Crippen MR) is 45.3 cm³/mol. The van der Waals surface area contributed by atoms with E-state index in [-0.39, 0.29) is 13.0 Å². The van der Waals surface area contributed by atoms with Gasteiger partial charge in [0.1, 0.15) is 0 Å². The van der Waals surface area contributed by atoms with Crippen molar-refractivity contribution >= 4 is 5.97 Å². The molecule has 0 saturated carbocycles. The quantitative estimate of drug-likeness (QED) is 0.669. The zero-order valence-electron chi connectivity index (χ0n) is 7.18. The van der Waals surface area contributed by atoms with Gasteiger partial charge in [0.15, 0.2) is 0 Å². The molecule has 2 N–H and O–H groups in total. The molecule has 0 aliphatic heterocycles.